The molecule has 0 bridgehead atoms. The van der Waals surface area contributed by atoms with Gasteiger partial charge in [0.25, 0.3) is 5.56 Å². The van der Waals surface area contributed by atoms with E-state index in [1.165, 1.54) is 24.0 Å². The van der Waals surface area contributed by atoms with Crippen LogP contribution >= 0.6 is 11.8 Å². The highest BCUT2D eigenvalue weighted by molar-refractivity contribution is 7.99. The second kappa shape index (κ2) is 4.84. The summed E-state index contributed by atoms with van der Waals surface area (Å²) in [6.45, 7) is 4.21. The normalized spacial score (nSPS) is 9.92. The van der Waals surface area contributed by atoms with Gasteiger partial charge in [0.15, 0.2) is 5.16 Å². The van der Waals surface area contributed by atoms with E-state index in [0.29, 0.717) is 17.5 Å². The zero-order valence-electron chi connectivity index (χ0n) is 7.12. The molecule has 0 fully saturated rings. The van der Waals surface area contributed by atoms with Crippen molar-refractivity contribution in [2.24, 2.45) is 5.73 Å². The van der Waals surface area contributed by atoms with E-state index in [4.69, 9.17) is 5.73 Å². The summed E-state index contributed by atoms with van der Waals surface area (Å²) in [7, 11) is 0. The van der Waals surface area contributed by atoms with Crippen LogP contribution in [0.5, 0.6) is 0 Å². The van der Waals surface area contributed by atoms with Crippen molar-refractivity contribution in [3.63, 3.8) is 0 Å². The smallest absolute Gasteiger partial charge is 0.251 e. The lowest BCUT2D eigenvalue weighted by atomic mass is 10.4. The molecule has 0 amide bonds. The first kappa shape index (κ1) is 10.0. The average molecular weight is 197 g/mol. The third-order valence-electron chi connectivity index (χ3n) is 1.35. The Morgan fingerprint density at radius 3 is 3.15 bits per heavy atom. The lowest BCUT2D eigenvalue weighted by Gasteiger charge is -2.00. The number of aromatic amines is 1. The van der Waals surface area contributed by atoms with Gasteiger partial charge in [-0.3, -0.25) is 4.79 Å². The summed E-state index contributed by atoms with van der Waals surface area (Å²) >= 11 is 1.42. The lowest BCUT2D eigenvalue weighted by Crippen LogP contribution is -2.07. The molecule has 1 heterocycles. The Morgan fingerprint density at radius 1 is 1.77 bits per heavy atom. The molecular formula is C8H11N3OS. The van der Waals surface area contributed by atoms with Crippen molar-refractivity contribution in [1.82, 2.24) is 9.97 Å². The standard InChI is InChI=1S/C8H11N3OS/c1-6(4-9)5-13-8-10-3-2-7(12)11-8/h2-3H,1,4-5,9H2,(H,10,11,12). The molecule has 0 spiro atoms. The molecule has 0 saturated carbocycles. The second-order valence-corrected chi connectivity index (χ2v) is 3.45. The first-order valence-corrected chi connectivity index (χ1v) is 4.76. The Hall–Kier alpha value is -1.07. The van der Waals surface area contributed by atoms with Crippen LogP contribution in [-0.2, 0) is 0 Å². The topological polar surface area (TPSA) is 71.8 Å². The molecule has 70 valence electrons. The van der Waals surface area contributed by atoms with E-state index >= 15 is 0 Å². The molecule has 0 aliphatic rings. The molecule has 0 aliphatic heterocycles. The highest BCUT2D eigenvalue weighted by Crippen LogP contribution is 2.12. The largest absolute Gasteiger partial charge is 0.327 e. The van der Waals surface area contributed by atoms with E-state index in [2.05, 4.69) is 16.5 Å². The van der Waals surface area contributed by atoms with Crippen molar-refractivity contribution in [2.75, 3.05) is 12.3 Å². The van der Waals surface area contributed by atoms with Gasteiger partial charge in [-0.1, -0.05) is 23.9 Å². The molecule has 3 N–H and O–H groups in total. The molecule has 0 atom stereocenters. The number of nitrogens with two attached hydrogens (primary N) is 1. The van der Waals surface area contributed by atoms with E-state index in [1.807, 2.05) is 0 Å². The summed E-state index contributed by atoms with van der Waals surface area (Å²) in [6.07, 6.45) is 1.48. The fourth-order valence-electron chi connectivity index (χ4n) is 0.655. The molecule has 13 heavy (non-hydrogen) atoms. The van der Waals surface area contributed by atoms with E-state index < -0.39 is 0 Å². The number of rotatable bonds is 4. The van der Waals surface area contributed by atoms with Crippen LogP contribution in [0.1, 0.15) is 0 Å². The number of nitrogens with zero attached hydrogens (tertiary/aromatic N) is 1. The van der Waals surface area contributed by atoms with Crippen molar-refractivity contribution in [3.8, 4) is 0 Å². The van der Waals surface area contributed by atoms with Crippen LogP contribution in [0.15, 0.2) is 34.4 Å². The van der Waals surface area contributed by atoms with Crippen LogP contribution in [-0.4, -0.2) is 22.3 Å². The van der Waals surface area contributed by atoms with Gasteiger partial charge in [0.1, 0.15) is 0 Å². The average Bonchev–Trinajstić information content (AvgIpc) is 2.14. The molecule has 0 saturated heterocycles. The van der Waals surface area contributed by atoms with Gasteiger partial charge in [0.2, 0.25) is 0 Å². The summed E-state index contributed by atoms with van der Waals surface area (Å²) in [5.74, 6) is 0.684. The number of hydrogen-bond acceptors (Lipinski definition) is 4. The van der Waals surface area contributed by atoms with Crippen LogP contribution in [0.3, 0.4) is 0 Å². The maximum absolute atomic E-state index is 10.8. The van der Waals surface area contributed by atoms with Gasteiger partial charge in [-0.2, -0.15) is 0 Å². The van der Waals surface area contributed by atoms with Crippen LogP contribution in [0.4, 0.5) is 0 Å². The number of H-pyrrole nitrogens is 1. The second-order valence-electron chi connectivity index (χ2n) is 2.48. The van der Waals surface area contributed by atoms with Crippen molar-refractivity contribution in [2.45, 2.75) is 5.16 Å². The predicted molar refractivity (Wildman–Crippen MR) is 53.8 cm³/mol. The summed E-state index contributed by atoms with van der Waals surface area (Å²) in [5.41, 5.74) is 6.15. The molecule has 1 rings (SSSR count). The number of nitrogens with one attached hydrogen (secondary N) is 1. The van der Waals surface area contributed by atoms with Crippen LogP contribution < -0.4 is 11.3 Å². The summed E-state index contributed by atoms with van der Waals surface area (Å²) < 4.78 is 0. The van der Waals surface area contributed by atoms with Crippen molar-refractivity contribution < 1.29 is 0 Å². The molecule has 1 aromatic rings. The Labute approximate surface area is 80.3 Å². The number of thioether (sulfide) groups is 1. The highest BCUT2D eigenvalue weighted by atomic mass is 32.2. The predicted octanol–water partition coefficient (Wildman–Crippen LogP) is 0.377. The summed E-state index contributed by atoms with van der Waals surface area (Å²) in [5, 5.41) is 0.599. The van der Waals surface area contributed by atoms with Crippen molar-refractivity contribution >= 4 is 11.8 Å². The number of hydrogen-bond donors (Lipinski definition) is 2. The first-order valence-electron chi connectivity index (χ1n) is 3.77. The molecule has 1 aromatic heterocycles. The Balaban J connectivity index is 2.55. The zero-order chi connectivity index (χ0) is 9.68. The van der Waals surface area contributed by atoms with Crippen LogP contribution in [0.2, 0.25) is 0 Å². The van der Waals surface area contributed by atoms with E-state index in [9.17, 15) is 4.79 Å². The SMILES string of the molecule is C=C(CN)CSc1nccc(=O)[nH]1. The zero-order valence-corrected chi connectivity index (χ0v) is 7.93. The molecule has 5 heteroatoms. The van der Waals surface area contributed by atoms with Gasteiger partial charge in [-0.25, -0.2) is 4.98 Å². The fourth-order valence-corrected chi connectivity index (χ4v) is 1.42. The third-order valence-corrected chi connectivity index (χ3v) is 2.38. The van der Waals surface area contributed by atoms with Crippen molar-refractivity contribution in [3.05, 3.63) is 34.8 Å². The Morgan fingerprint density at radius 2 is 2.54 bits per heavy atom. The summed E-state index contributed by atoms with van der Waals surface area (Å²) in [4.78, 5) is 17.4. The monoisotopic (exact) mass is 197 g/mol. The van der Waals surface area contributed by atoms with Gasteiger partial charge in [-0.15, -0.1) is 0 Å². The van der Waals surface area contributed by atoms with E-state index in [1.54, 1.807) is 0 Å². The van der Waals surface area contributed by atoms with Gasteiger partial charge in [0, 0.05) is 24.6 Å². The molecule has 0 radical (unpaired) electrons. The van der Waals surface area contributed by atoms with Crippen LogP contribution in [0.25, 0.3) is 0 Å². The molecule has 0 aromatic carbocycles. The van der Waals surface area contributed by atoms with E-state index in [-0.39, 0.29) is 5.56 Å². The highest BCUT2D eigenvalue weighted by Gasteiger charge is 1.97. The quantitative estimate of drug-likeness (QED) is 0.416. The number of aromatic nitrogens is 2. The maximum Gasteiger partial charge on any atom is 0.251 e. The van der Waals surface area contributed by atoms with Gasteiger partial charge in [-0.05, 0) is 0 Å². The van der Waals surface area contributed by atoms with Crippen molar-refractivity contribution in [1.29, 1.82) is 0 Å². The fraction of sp³-hybridized carbons (Fsp3) is 0.250. The third kappa shape index (κ3) is 3.43. The minimum absolute atomic E-state index is 0.143. The van der Waals surface area contributed by atoms with Gasteiger partial charge in [0.05, 0.1) is 0 Å². The molecule has 0 unspecified atom stereocenters. The van der Waals surface area contributed by atoms with Crippen LogP contribution in [0, 0.1) is 0 Å². The van der Waals surface area contributed by atoms with Gasteiger partial charge >= 0.3 is 0 Å². The van der Waals surface area contributed by atoms with Gasteiger partial charge < -0.3 is 10.7 Å². The molecule has 0 aliphatic carbocycles. The summed E-state index contributed by atoms with van der Waals surface area (Å²) in [6, 6.07) is 1.38. The molecule has 4 nitrogen and oxygen atoms in total. The minimum Gasteiger partial charge on any atom is -0.327 e. The lowest BCUT2D eigenvalue weighted by molar-refractivity contribution is 0.937. The van der Waals surface area contributed by atoms with E-state index in [0.717, 1.165) is 5.57 Å². The first-order chi connectivity index (χ1) is 6.22. The maximum atomic E-state index is 10.8. The Bertz CT molecular complexity index is 347. The minimum atomic E-state index is -0.143. The molecular weight excluding hydrogens is 186 g/mol. The Kier molecular flexibility index (Phi) is 3.72.